The molecule has 0 radical (unpaired) electrons. The van der Waals surface area contributed by atoms with Gasteiger partial charge in [-0.3, -0.25) is 9.69 Å². The van der Waals surface area contributed by atoms with Crippen molar-refractivity contribution in [2.75, 3.05) is 29.9 Å². The maximum Gasteiger partial charge on any atom is 0.295 e. The zero-order chi connectivity index (χ0) is 20.1. The minimum Gasteiger partial charge on any atom is -0.448 e. The number of rotatable bonds is 1. The number of para-hydroxylation sites is 3. The number of hydrogen-bond donors (Lipinski definition) is 0. The van der Waals surface area contributed by atoms with Gasteiger partial charge >= 0.3 is 0 Å². The number of carbonyl (C=O) groups is 1. The van der Waals surface area contributed by atoms with Crippen molar-refractivity contribution < 1.29 is 13.6 Å². The molecule has 0 N–H and O–H groups in total. The predicted octanol–water partition coefficient (Wildman–Crippen LogP) is 4.31. The molecule has 0 aliphatic carbocycles. The van der Waals surface area contributed by atoms with Crippen LogP contribution >= 0.6 is 0 Å². The van der Waals surface area contributed by atoms with Crippen LogP contribution in [0.3, 0.4) is 0 Å². The molecule has 6 nitrogen and oxygen atoms in total. The Morgan fingerprint density at radius 3 is 2.48 bits per heavy atom. The Hall–Kier alpha value is -3.48. The highest BCUT2D eigenvalue weighted by Crippen LogP contribution is 2.33. The van der Waals surface area contributed by atoms with Gasteiger partial charge in [0.05, 0.1) is 11.0 Å². The summed E-state index contributed by atoms with van der Waals surface area (Å²) in [6, 6.07) is 12.3. The smallest absolute Gasteiger partial charge is 0.295 e. The lowest BCUT2D eigenvalue weighted by atomic mass is 10.1. The van der Waals surface area contributed by atoms with E-state index < -0.39 is 5.82 Å². The van der Waals surface area contributed by atoms with E-state index in [-0.39, 0.29) is 17.3 Å². The van der Waals surface area contributed by atoms with Crippen molar-refractivity contribution in [3.63, 3.8) is 0 Å². The van der Waals surface area contributed by atoms with Gasteiger partial charge in [-0.15, -0.1) is 0 Å². The lowest BCUT2D eigenvalue weighted by molar-refractivity contribution is 0.0961. The van der Waals surface area contributed by atoms with Gasteiger partial charge in [0, 0.05) is 31.1 Å². The van der Waals surface area contributed by atoms with E-state index in [0.29, 0.717) is 34.6 Å². The van der Waals surface area contributed by atoms with Crippen LogP contribution in [0.5, 0.6) is 0 Å². The van der Waals surface area contributed by atoms with E-state index in [1.807, 2.05) is 36.2 Å². The Morgan fingerprint density at radius 2 is 1.76 bits per heavy atom. The van der Waals surface area contributed by atoms with E-state index in [0.717, 1.165) is 18.5 Å². The first-order valence-electron chi connectivity index (χ1n) is 9.52. The van der Waals surface area contributed by atoms with Crippen LogP contribution in [0.2, 0.25) is 0 Å². The quantitative estimate of drug-likeness (QED) is 0.485. The highest BCUT2D eigenvalue weighted by Gasteiger charge is 2.31. The molecule has 5 rings (SSSR count). The van der Waals surface area contributed by atoms with Crippen LogP contribution in [-0.4, -0.2) is 36.0 Å². The molecule has 0 bridgehead atoms. The third-order valence-electron chi connectivity index (χ3n) is 5.38. The van der Waals surface area contributed by atoms with E-state index >= 15 is 0 Å². The third-order valence-corrected chi connectivity index (χ3v) is 5.38. The topological polar surface area (TPSA) is 62.5 Å². The Labute approximate surface area is 166 Å². The molecule has 1 aliphatic rings. The molecule has 0 atom stereocenters. The van der Waals surface area contributed by atoms with Crippen LogP contribution in [0, 0.1) is 12.7 Å². The number of furan rings is 1. The average molecular weight is 390 g/mol. The van der Waals surface area contributed by atoms with Crippen LogP contribution in [0.25, 0.3) is 22.0 Å². The van der Waals surface area contributed by atoms with Gasteiger partial charge in [-0.05, 0) is 31.5 Å². The number of hydrogen-bond acceptors (Lipinski definition) is 5. The predicted molar refractivity (Wildman–Crippen MR) is 110 cm³/mol. The molecule has 1 amide bonds. The fourth-order valence-electron chi connectivity index (χ4n) is 3.83. The van der Waals surface area contributed by atoms with Gasteiger partial charge < -0.3 is 9.32 Å². The summed E-state index contributed by atoms with van der Waals surface area (Å²) < 4.78 is 19.9. The van der Waals surface area contributed by atoms with Crippen LogP contribution < -0.4 is 9.80 Å². The molecule has 2 aromatic heterocycles. The summed E-state index contributed by atoms with van der Waals surface area (Å²) in [5, 5.41) is 0.602. The van der Waals surface area contributed by atoms with Gasteiger partial charge in [-0.2, -0.15) is 0 Å². The molecular weight excluding hydrogens is 371 g/mol. The number of aryl methyl sites for hydroxylation is 1. The maximum atomic E-state index is 14.2. The molecule has 146 valence electrons. The fraction of sp³-hybridized carbons (Fsp3) is 0.227. The van der Waals surface area contributed by atoms with Gasteiger partial charge in [0.15, 0.2) is 28.8 Å². The number of nitrogens with zero attached hydrogens (tertiary/aromatic N) is 4. The molecule has 0 spiro atoms. The first kappa shape index (κ1) is 17.6. The highest BCUT2D eigenvalue weighted by molar-refractivity contribution is 6.09. The van der Waals surface area contributed by atoms with Crippen LogP contribution in [0.1, 0.15) is 22.5 Å². The van der Waals surface area contributed by atoms with E-state index in [4.69, 9.17) is 14.4 Å². The molecule has 2 aromatic carbocycles. The zero-order valence-electron chi connectivity index (χ0n) is 16.1. The van der Waals surface area contributed by atoms with E-state index in [2.05, 4.69) is 0 Å². The molecule has 0 fully saturated rings. The average Bonchev–Trinajstić information content (AvgIpc) is 2.99. The summed E-state index contributed by atoms with van der Waals surface area (Å²) in [5.41, 5.74) is 2.21. The van der Waals surface area contributed by atoms with Crippen molar-refractivity contribution in [2.24, 2.45) is 0 Å². The number of amides is 1. The summed E-state index contributed by atoms with van der Waals surface area (Å²) >= 11 is 0. The molecule has 1 aliphatic heterocycles. The molecular formula is C22H19FN4O2. The van der Waals surface area contributed by atoms with E-state index in [1.54, 1.807) is 24.0 Å². The lowest BCUT2D eigenvalue weighted by Gasteiger charge is -2.22. The van der Waals surface area contributed by atoms with Gasteiger partial charge in [-0.25, -0.2) is 14.4 Å². The first-order chi connectivity index (χ1) is 14.0. The zero-order valence-corrected chi connectivity index (χ0v) is 16.1. The number of carbonyl (C=O) groups excluding carboxylic acids is 1. The first-order valence-corrected chi connectivity index (χ1v) is 9.52. The maximum absolute atomic E-state index is 14.2. The number of fused-ring (bicyclic) bond motifs is 3. The SMILES string of the molecule is Cc1c(C(=O)N2CCCN(C)c3nc4ccccc4nc32)oc2c(F)cccc12. The number of anilines is 2. The summed E-state index contributed by atoms with van der Waals surface area (Å²) in [6.07, 6.45) is 0.754. The van der Waals surface area contributed by atoms with Crippen molar-refractivity contribution in [1.82, 2.24) is 9.97 Å². The standard InChI is InChI=1S/C22H19FN4O2/c1-13-14-7-5-8-15(23)19(14)29-18(13)22(28)27-12-6-11-26(2)20-21(27)25-17-10-4-3-9-16(17)24-20/h3-5,7-10H,6,11-12H2,1-2H3. The Balaban J connectivity index is 1.67. The molecule has 4 aromatic rings. The summed E-state index contributed by atoms with van der Waals surface area (Å²) in [6.45, 7) is 3.00. The summed E-state index contributed by atoms with van der Waals surface area (Å²) in [4.78, 5) is 26.6. The minimum atomic E-state index is -0.480. The van der Waals surface area contributed by atoms with Crippen molar-refractivity contribution in [1.29, 1.82) is 0 Å². The fourth-order valence-corrected chi connectivity index (χ4v) is 3.83. The van der Waals surface area contributed by atoms with Crippen molar-refractivity contribution in [3.05, 3.63) is 59.6 Å². The largest absolute Gasteiger partial charge is 0.448 e. The Kier molecular flexibility index (Phi) is 3.97. The van der Waals surface area contributed by atoms with Crippen LogP contribution in [0.15, 0.2) is 46.9 Å². The lowest BCUT2D eigenvalue weighted by Crippen LogP contribution is -2.32. The summed E-state index contributed by atoms with van der Waals surface area (Å²) in [5.74, 6) is 0.463. The monoisotopic (exact) mass is 390 g/mol. The number of benzene rings is 2. The second kappa shape index (κ2) is 6.55. The van der Waals surface area contributed by atoms with E-state index in [1.165, 1.54) is 6.07 Å². The molecule has 3 heterocycles. The van der Waals surface area contributed by atoms with Gasteiger partial charge in [0.1, 0.15) is 0 Å². The second-order valence-electron chi connectivity index (χ2n) is 7.26. The number of halogens is 1. The highest BCUT2D eigenvalue weighted by atomic mass is 19.1. The number of aromatic nitrogens is 2. The van der Waals surface area contributed by atoms with Crippen molar-refractivity contribution >= 4 is 39.5 Å². The van der Waals surface area contributed by atoms with Gasteiger partial charge in [0.25, 0.3) is 5.91 Å². The normalized spacial score (nSPS) is 14.3. The summed E-state index contributed by atoms with van der Waals surface area (Å²) in [7, 11) is 1.94. The molecule has 0 saturated heterocycles. The molecule has 0 unspecified atom stereocenters. The second-order valence-corrected chi connectivity index (χ2v) is 7.26. The van der Waals surface area contributed by atoms with Gasteiger partial charge in [-0.1, -0.05) is 24.3 Å². The Morgan fingerprint density at radius 1 is 1.03 bits per heavy atom. The third kappa shape index (κ3) is 2.73. The molecule has 29 heavy (non-hydrogen) atoms. The molecule has 0 saturated carbocycles. The van der Waals surface area contributed by atoms with Gasteiger partial charge in [0.2, 0.25) is 0 Å². The van der Waals surface area contributed by atoms with Crippen molar-refractivity contribution in [3.8, 4) is 0 Å². The van der Waals surface area contributed by atoms with Crippen LogP contribution in [-0.2, 0) is 0 Å². The van der Waals surface area contributed by atoms with Crippen LogP contribution in [0.4, 0.5) is 16.0 Å². The molecule has 7 heteroatoms. The van der Waals surface area contributed by atoms with E-state index in [9.17, 15) is 9.18 Å². The van der Waals surface area contributed by atoms with Crippen molar-refractivity contribution in [2.45, 2.75) is 13.3 Å². The minimum absolute atomic E-state index is 0.102. The Bertz CT molecular complexity index is 1270.